The van der Waals surface area contributed by atoms with Crippen molar-refractivity contribution in [2.45, 2.75) is 12.6 Å². The van der Waals surface area contributed by atoms with Crippen LogP contribution in [-0.4, -0.2) is 74.7 Å². The van der Waals surface area contributed by atoms with Crippen LogP contribution in [0.2, 0.25) is 0 Å². The van der Waals surface area contributed by atoms with Gasteiger partial charge < -0.3 is 24.8 Å². The molecule has 2 amide bonds. The number of urea groups is 1. The predicted octanol–water partition coefficient (Wildman–Crippen LogP) is 0.698. The highest BCUT2D eigenvalue weighted by atomic mass is 19.4. The minimum Gasteiger partial charge on any atom is -0.480 e. The van der Waals surface area contributed by atoms with Gasteiger partial charge in [-0.2, -0.15) is 13.2 Å². The number of halogens is 3. The number of carbonyl (C=O) groups is 2. The average Bonchev–Trinajstić information content (AvgIpc) is 2.34. The van der Waals surface area contributed by atoms with Crippen LogP contribution in [0, 0.1) is 0 Å². The van der Waals surface area contributed by atoms with E-state index in [0.717, 1.165) is 0 Å². The third kappa shape index (κ3) is 11.9. The second-order valence-electron chi connectivity index (χ2n) is 4.06. The lowest BCUT2D eigenvalue weighted by Crippen LogP contribution is -2.47. The summed E-state index contributed by atoms with van der Waals surface area (Å²) in [7, 11) is 1.52. The minimum atomic E-state index is -4.66. The number of aliphatic carboxylic acids is 1. The number of alkyl halides is 3. The molecule has 0 heterocycles. The summed E-state index contributed by atoms with van der Waals surface area (Å²) in [5, 5.41) is 10.7. The SMILES string of the molecule is COCCOCCCNC(=O)N(CC(=O)O)CC(F)(F)F. The molecule has 0 aromatic heterocycles. The molecule has 124 valence electrons. The molecule has 10 heteroatoms. The van der Waals surface area contributed by atoms with Crippen LogP contribution in [0.4, 0.5) is 18.0 Å². The Morgan fingerprint density at radius 3 is 2.43 bits per heavy atom. The standard InChI is InChI=1S/C11H19F3N2O5/c1-20-5-6-21-4-2-3-15-10(19)16(7-9(17)18)8-11(12,13)14/h2-8H2,1H3,(H,15,19)(H,17,18). The number of rotatable bonds is 10. The third-order valence-corrected chi connectivity index (χ3v) is 2.16. The van der Waals surface area contributed by atoms with Gasteiger partial charge in [-0.1, -0.05) is 0 Å². The maximum atomic E-state index is 12.2. The van der Waals surface area contributed by atoms with Crippen molar-refractivity contribution in [1.82, 2.24) is 10.2 Å². The molecule has 7 nitrogen and oxygen atoms in total. The molecular formula is C11H19F3N2O5. The number of carboxylic acid groups (broad SMARTS) is 1. The summed E-state index contributed by atoms with van der Waals surface area (Å²) < 4.78 is 46.5. The lowest BCUT2D eigenvalue weighted by Gasteiger charge is -2.22. The van der Waals surface area contributed by atoms with Gasteiger partial charge in [-0.15, -0.1) is 0 Å². The summed E-state index contributed by atoms with van der Waals surface area (Å²) in [5.41, 5.74) is 0. The van der Waals surface area contributed by atoms with Crippen LogP contribution >= 0.6 is 0 Å². The first kappa shape index (κ1) is 19.4. The van der Waals surface area contributed by atoms with E-state index >= 15 is 0 Å². The first-order valence-corrected chi connectivity index (χ1v) is 6.14. The molecule has 0 spiro atoms. The van der Waals surface area contributed by atoms with Crippen molar-refractivity contribution in [3.63, 3.8) is 0 Å². The molecule has 0 aliphatic carbocycles. The number of carbonyl (C=O) groups excluding carboxylic acids is 1. The van der Waals surface area contributed by atoms with Crippen molar-refractivity contribution in [3.8, 4) is 0 Å². The summed E-state index contributed by atoms with van der Waals surface area (Å²) >= 11 is 0. The van der Waals surface area contributed by atoms with E-state index in [1.165, 1.54) is 7.11 Å². The van der Waals surface area contributed by atoms with Crippen molar-refractivity contribution < 1.29 is 37.3 Å². The maximum Gasteiger partial charge on any atom is 0.406 e. The first-order chi connectivity index (χ1) is 9.76. The largest absolute Gasteiger partial charge is 0.480 e. The van der Waals surface area contributed by atoms with Crippen LogP contribution in [0.25, 0.3) is 0 Å². The van der Waals surface area contributed by atoms with E-state index in [1.54, 1.807) is 0 Å². The van der Waals surface area contributed by atoms with Crippen LogP contribution in [0.1, 0.15) is 6.42 Å². The highest BCUT2D eigenvalue weighted by molar-refractivity contribution is 5.80. The Labute approximate surface area is 120 Å². The van der Waals surface area contributed by atoms with Gasteiger partial charge in [0.15, 0.2) is 0 Å². The zero-order valence-corrected chi connectivity index (χ0v) is 11.6. The number of methoxy groups -OCH3 is 1. The summed E-state index contributed by atoms with van der Waals surface area (Å²) in [5.74, 6) is -1.52. The molecule has 0 rings (SSSR count). The smallest absolute Gasteiger partial charge is 0.406 e. The molecule has 0 atom stereocenters. The molecule has 21 heavy (non-hydrogen) atoms. The maximum absolute atomic E-state index is 12.2. The fourth-order valence-electron chi connectivity index (χ4n) is 1.30. The van der Waals surface area contributed by atoms with Crippen LogP contribution in [0.3, 0.4) is 0 Å². The average molecular weight is 316 g/mol. The topological polar surface area (TPSA) is 88.1 Å². The van der Waals surface area contributed by atoms with Crippen molar-refractivity contribution in [1.29, 1.82) is 0 Å². The Hall–Kier alpha value is -1.55. The Morgan fingerprint density at radius 2 is 1.90 bits per heavy atom. The van der Waals surface area contributed by atoms with E-state index < -0.39 is 31.3 Å². The van der Waals surface area contributed by atoms with Crippen molar-refractivity contribution in [3.05, 3.63) is 0 Å². The Morgan fingerprint density at radius 1 is 1.24 bits per heavy atom. The summed E-state index contributed by atoms with van der Waals surface area (Å²) in [4.78, 5) is 22.1. The molecular weight excluding hydrogens is 297 g/mol. The van der Waals surface area contributed by atoms with Gasteiger partial charge in [-0.05, 0) is 6.42 Å². The fraction of sp³-hybridized carbons (Fsp3) is 0.818. The number of nitrogens with one attached hydrogen (secondary N) is 1. The van der Waals surface area contributed by atoms with Gasteiger partial charge in [-0.25, -0.2) is 4.79 Å². The summed E-state index contributed by atoms with van der Waals surface area (Å²) in [6.07, 6.45) is -4.27. The van der Waals surface area contributed by atoms with Crippen LogP contribution in [0.15, 0.2) is 0 Å². The highest BCUT2D eigenvalue weighted by Gasteiger charge is 2.33. The Kier molecular flexibility index (Phi) is 9.46. The molecule has 0 fully saturated rings. The predicted molar refractivity (Wildman–Crippen MR) is 66.0 cm³/mol. The summed E-state index contributed by atoms with van der Waals surface area (Å²) in [6.45, 7) is -1.44. The van der Waals surface area contributed by atoms with E-state index in [4.69, 9.17) is 14.6 Å². The first-order valence-electron chi connectivity index (χ1n) is 6.14. The third-order valence-electron chi connectivity index (χ3n) is 2.16. The molecule has 0 aliphatic rings. The van der Waals surface area contributed by atoms with Gasteiger partial charge in [0.2, 0.25) is 0 Å². The quantitative estimate of drug-likeness (QED) is 0.579. The van der Waals surface area contributed by atoms with E-state index in [1.807, 2.05) is 0 Å². The molecule has 0 saturated carbocycles. The monoisotopic (exact) mass is 316 g/mol. The number of amides is 2. The zero-order valence-electron chi connectivity index (χ0n) is 11.6. The number of hydrogen-bond acceptors (Lipinski definition) is 4. The van der Waals surface area contributed by atoms with Crippen LogP contribution in [-0.2, 0) is 14.3 Å². The van der Waals surface area contributed by atoms with Gasteiger partial charge >= 0.3 is 18.2 Å². The minimum absolute atomic E-state index is 0.0831. The molecule has 0 radical (unpaired) electrons. The normalized spacial score (nSPS) is 11.2. The van der Waals surface area contributed by atoms with Gasteiger partial charge in [0, 0.05) is 20.3 Å². The molecule has 0 saturated heterocycles. The summed E-state index contributed by atoms with van der Waals surface area (Å²) in [6, 6.07) is -1.08. The molecule has 0 aromatic carbocycles. The second-order valence-corrected chi connectivity index (χ2v) is 4.06. The van der Waals surface area contributed by atoms with Gasteiger partial charge in [0.25, 0.3) is 0 Å². The molecule has 0 bridgehead atoms. The van der Waals surface area contributed by atoms with Gasteiger partial charge in [-0.3, -0.25) is 4.79 Å². The molecule has 0 unspecified atom stereocenters. The highest BCUT2D eigenvalue weighted by Crippen LogP contribution is 2.16. The number of nitrogens with zero attached hydrogens (tertiary/aromatic N) is 1. The van der Waals surface area contributed by atoms with Gasteiger partial charge in [0.1, 0.15) is 13.1 Å². The Balaban J connectivity index is 4.02. The van der Waals surface area contributed by atoms with Crippen molar-refractivity contribution in [2.75, 3.05) is 46.6 Å². The number of ether oxygens (including phenoxy) is 2. The lowest BCUT2D eigenvalue weighted by atomic mass is 10.4. The fourth-order valence-corrected chi connectivity index (χ4v) is 1.30. The Bertz CT molecular complexity index is 325. The number of carboxylic acids is 1. The van der Waals surface area contributed by atoms with Gasteiger partial charge in [0.05, 0.1) is 13.2 Å². The molecule has 0 aromatic rings. The number of hydrogen-bond donors (Lipinski definition) is 2. The lowest BCUT2D eigenvalue weighted by molar-refractivity contribution is -0.148. The molecule has 0 aliphatic heterocycles. The molecule has 2 N–H and O–H groups in total. The van der Waals surface area contributed by atoms with Crippen LogP contribution in [0.5, 0.6) is 0 Å². The van der Waals surface area contributed by atoms with Crippen molar-refractivity contribution >= 4 is 12.0 Å². The van der Waals surface area contributed by atoms with E-state index in [9.17, 15) is 22.8 Å². The van der Waals surface area contributed by atoms with Crippen LogP contribution < -0.4 is 5.32 Å². The zero-order chi connectivity index (χ0) is 16.3. The second kappa shape index (κ2) is 10.2. The van der Waals surface area contributed by atoms with E-state index in [-0.39, 0.29) is 11.4 Å². The van der Waals surface area contributed by atoms with Crippen molar-refractivity contribution in [2.24, 2.45) is 0 Å². The van der Waals surface area contributed by atoms with E-state index in [2.05, 4.69) is 5.32 Å². The van der Waals surface area contributed by atoms with E-state index in [0.29, 0.717) is 26.2 Å².